The Morgan fingerprint density at radius 2 is 1.76 bits per heavy atom. The number of hydrogen-bond donors (Lipinski definition) is 1. The van der Waals surface area contributed by atoms with Crippen molar-refractivity contribution >= 4 is 5.97 Å². The van der Waals surface area contributed by atoms with Gasteiger partial charge in [0.1, 0.15) is 11.5 Å². The van der Waals surface area contributed by atoms with Crippen LogP contribution >= 0.6 is 0 Å². The number of aromatic nitrogens is 3. The summed E-state index contributed by atoms with van der Waals surface area (Å²) in [6, 6.07) is 20.0. The number of carbonyl (C=O) groups excluding carboxylic acids is 1. The van der Waals surface area contributed by atoms with E-state index in [0.717, 1.165) is 22.5 Å². The maximum absolute atomic E-state index is 12.2. The number of pyridine rings is 1. The Hall–Kier alpha value is -4.26. The maximum Gasteiger partial charge on any atom is 0.337 e. The standard InChI is InChI=1S/C27H25N3O4/c1-17(2)23-12-13-24(30-29-23)18-8-10-22(11-9-18)34-25-16-21(27(32)33-3)7-6-19(25)15-20-5-4-14-28-26(20)31/h4-14,16-17H,15H2,1-3H3,(H,28,31). The molecule has 0 saturated heterocycles. The summed E-state index contributed by atoms with van der Waals surface area (Å²) < 4.78 is 11.0. The molecule has 2 aromatic heterocycles. The molecular weight excluding hydrogens is 430 g/mol. The lowest BCUT2D eigenvalue weighted by Crippen LogP contribution is -2.12. The molecule has 7 nitrogen and oxygen atoms in total. The molecule has 1 N–H and O–H groups in total. The molecule has 2 aromatic carbocycles. The Bertz CT molecular complexity index is 1340. The number of nitrogens with one attached hydrogen (secondary N) is 1. The molecule has 0 saturated carbocycles. The van der Waals surface area contributed by atoms with Crippen LogP contribution in [0.3, 0.4) is 0 Å². The second kappa shape index (κ2) is 10.1. The summed E-state index contributed by atoms with van der Waals surface area (Å²) >= 11 is 0. The molecule has 0 amide bonds. The third-order valence-electron chi connectivity index (χ3n) is 5.42. The first-order valence-electron chi connectivity index (χ1n) is 10.9. The van der Waals surface area contributed by atoms with Gasteiger partial charge in [-0.15, -0.1) is 0 Å². The van der Waals surface area contributed by atoms with Crippen LogP contribution in [0.25, 0.3) is 11.3 Å². The minimum Gasteiger partial charge on any atom is -0.465 e. The molecule has 7 heteroatoms. The van der Waals surface area contributed by atoms with E-state index in [1.807, 2.05) is 36.4 Å². The van der Waals surface area contributed by atoms with Crippen LogP contribution in [-0.2, 0) is 11.2 Å². The zero-order valence-corrected chi connectivity index (χ0v) is 19.2. The molecule has 2 heterocycles. The SMILES string of the molecule is COC(=O)c1ccc(Cc2ccc[nH]c2=O)c(Oc2ccc(-c3ccc(C(C)C)nn3)cc2)c1. The molecule has 0 unspecified atom stereocenters. The fraction of sp³-hybridized carbons (Fsp3) is 0.185. The van der Waals surface area contributed by atoms with Crippen LogP contribution < -0.4 is 10.3 Å². The first-order chi connectivity index (χ1) is 16.4. The second-order valence-electron chi connectivity index (χ2n) is 8.14. The number of H-pyrrole nitrogens is 1. The summed E-state index contributed by atoms with van der Waals surface area (Å²) in [5, 5.41) is 8.60. The van der Waals surface area contributed by atoms with E-state index in [1.54, 1.807) is 36.5 Å². The molecule has 0 fully saturated rings. The van der Waals surface area contributed by atoms with Crippen molar-refractivity contribution in [1.82, 2.24) is 15.2 Å². The van der Waals surface area contributed by atoms with Gasteiger partial charge in [-0.2, -0.15) is 10.2 Å². The van der Waals surface area contributed by atoms with Crippen LogP contribution in [0.5, 0.6) is 11.5 Å². The number of hydrogen-bond acceptors (Lipinski definition) is 6. The summed E-state index contributed by atoms with van der Waals surface area (Å²) in [6.45, 7) is 4.15. The number of carbonyl (C=O) groups is 1. The van der Waals surface area contributed by atoms with Gasteiger partial charge in [0.05, 0.1) is 24.1 Å². The highest BCUT2D eigenvalue weighted by Gasteiger charge is 2.14. The average molecular weight is 456 g/mol. The van der Waals surface area contributed by atoms with Crippen LogP contribution in [0.2, 0.25) is 0 Å². The van der Waals surface area contributed by atoms with Gasteiger partial charge in [-0.1, -0.05) is 26.0 Å². The summed E-state index contributed by atoms with van der Waals surface area (Å²) in [6.07, 6.45) is 1.94. The van der Waals surface area contributed by atoms with Crippen LogP contribution in [-0.4, -0.2) is 28.3 Å². The summed E-state index contributed by atoms with van der Waals surface area (Å²) in [5.41, 5.74) is 4.18. The highest BCUT2D eigenvalue weighted by Crippen LogP contribution is 2.30. The molecule has 0 bridgehead atoms. The molecule has 34 heavy (non-hydrogen) atoms. The summed E-state index contributed by atoms with van der Waals surface area (Å²) in [4.78, 5) is 26.9. The maximum atomic E-state index is 12.2. The number of benzene rings is 2. The number of esters is 1. The van der Waals surface area contributed by atoms with Gasteiger partial charge in [-0.3, -0.25) is 4.79 Å². The topological polar surface area (TPSA) is 94.2 Å². The lowest BCUT2D eigenvalue weighted by Gasteiger charge is -2.13. The highest BCUT2D eigenvalue weighted by molar-refractivity contribution is 5.90. The molecular formula is C27H25N3O4. The molecule has 0 spiro atoms. The van der Waals surface area contributed by atoms with Crippen LogP contribution in [0.15, 0.2) is 77.7 Å². The van der Waals surface area contributed by atoms with Crippen molar-refractivity contribution in [2.75, 3.05) is 7.11 Å². The van der Waals surface area contributed by atoms with Crippen molar-refractivity contribution in [2.24, 2.45) is 0 Å². The Kier molecular flexibility index (Phi) is 6.82. The van der Waals surface area contributed by atoms with Crippen LogP contribution in [0.1, 0.15) is 46.9 Å². The van der Waals surface area contributed by atoms with E-state index in [2.05, 4.69) is 29.0 Å². The van der Waals surface area contributed by atoms with Crippen molar-refractivity contribution in [2.45, 2.75) is 26.2 Å². The minimum atomic E-state index is -0.465. The smallest absolute Gasteiger partial charge is 0.337 e. The van der Waals surface area contributed by atoms with Gasteiger partial charge in [-0.25, -0.2) is 4.79 Å². The predicted molar refractivity (Wildman–Crippen MR) is 129 cm³/mol. The predicted octanol–water partition coefficient (Wildman–Crippen LogP) is 5.13. The monoisotopic (exact) mass is 455 g/mol. The first-order valence-corrected chi connectivity index (χ1v) is 10.9. The van der Waals surface area contributed by atoms with Gasteiger partial charge < -0.3 is 14.5 Å². The minimum absolute atomic E-state index is 0.167. The van der Waals surface area contributed by atoms with E-state index < -0.39 is 5.97 Å². The van der Waals surface area contributed by atoms with E-state index in [4.69, 9.17) is 9.47 Å². The van der Waals surface area contributed by atoms with Gasteiger partial charge in [0.15, 0.2) is 0 Å². The Morgan fingerprint density at radius 3 is 2.41 bits per heavy atom. The van der Waals surface area contributed by atoms with E-state index in [0.29, 0.717) is 35.0 Å². The fourth-order valence-corrected chi connectivity index (χ4v) is 3.47. The highest BCUT2D eigenvalue weighted by atomic mass is 16.5. The zero-order chi connectivity index (χ0) is 24.1. The normalized spacial score (nSPS) is 10.8. The van der Waals surface area contributed by atoms with Crippen molar-refractivity contribution in [3.8, 4) is 22.8 Å². The van der Waals surface area contributed by atoms with Gasteiger partial charge in [0, 0.05) is 23.7 Å². The van der Waals surface area contributed by atoms with Gasteiger partial charge >= 0.3 is 5.97 Å². The molecule has 0 aliphatic rings. The van der Waals surface area contributed by atoms with Crippen molar-refractivity contribution < 1.29 is 14.3 Å². The lowest BCUT2D eigenvalue weighted by atomic mass is 10.0. The van der Waals surface area contributed by atoms with E-state index in [1.165, 1.54) is 7.11 Å². The van der Waals surface area contributed by atoms with Gasteiger partial charge in [-0.05, 0) is 66.1 Å². The number of nitrogens with zero attached hydrogens (tertiary/aromatic N) is 2. The third-order valence-corrected chi connectivity index (χ3v) is 5.42. The largest absolute Gasteiger partial charge is 0.465 e. The van der Waals surface area contributed by atoms with Crippen LogP contribution in [0.4, 0.5) is 0 Å². The number of aromatic amines is 1. The summed E-state index contributed by atoms with van der Waals surface area (Å²) in [5.74, 6) is 0.909. The molecule has 0 aliphatic heterocycles. The molecule has 4 aromatic rings. The van der Waals surface area contributed by atoms with E-state index >= 15 is 0 Å². The van der Waals surface area contributed by atoms with Crippen molar-refractivity contribution in [3.05, 3.63) is 106 Å². The number of ether oxygens (including phenoxy) is 2. The Labute approximate surface area is 197 Å². The molecule has 4 rings (SSSR count). The zero-order valence-electron chi connectivity index (χ0n) is 19.2. The quantitative estimate of drug-likeness (QED) is 0.389. The van der Waals surface area contributed by atoms with E-state index in [-0.39, 0.29) is 5.56 Å². The molecule has 0 aliphatic carbocycles. The van der Waals surface area contributed by atoms with Crippen LogP contribution in [0, 0.1) is 0 Å². The number of methoxy groups -OCH3 is 1. The Balaban J connectivity index is 1.61. The lowest BCUT2D eigenvalue weighted by molar-refractivity contribution is 0.0600. The van der Waals surface area contributed by atoms with Crippen molar-refractivity contribution in [1.29, 1.82) is 0 Å². The van der Waals surface area contributed by atoms with Gasteiger partial charge in [0.2, 0.25) is 0 Å². The van der Waals surface area contributed by atoms with Gasteiger partial charge in [0.25, 0.3) is 5.56 Å². The van der Waals surface area contributed by atoms with Crippen molar-refractivity contribution in [3.63, 3.8) is 0 Å². The molecule has 0 atom stereocenters. The molecule has 172 valence electrons. The second-order valence-corrected chi connectivity index (χ2v) is 8.14. The fourth-order valence-electron chi connectivity index (χ4n) is 3.47. The Morgan fingerprint density at radius 1 is 0.971 bits per heavy atom. The first kappa shape index (κ1) is 22.9. The van der Waals surface area contributed by atoms with E-state index in [9.17, 15) is 9.59 Å². The third kappa shape index (κ3) is 5.20. The molecule has 0 radical (unpaired) electrons. The summed E-state index contributed by atoms with van der Waals surface area (Å²) in [7, 11) is 1.33. The number of rotatable bonds is 7. The average Bonchev–Trinajstić information content (AvgIpc) is 2.86.